The van der Waals surface area contributed by atoms with E-state index in [0.29, 0.717) is 0 Å². The molecule has 0 radical (unpaired) electrons. The van der Waals surface area contributed by atoms with Gasteiger partial charge in [0.05, 0.1) is 18.1 Å². The fourth-order valence-electron chi connectivity index (χ4n) is 2.97. The predicted octanol–water partition coefficient (Wildman–Crippen LogP) is 1.71. The number of piperidine rings is 1. The molecule has 1 atom stereocenters. The lowest BCUT2D eigenvalue weighted by Crippen LogP contribution is -2.43. The minimum atomic E-state index is 0.223. The van der Waals surface area contributed by atoms with E-state index >= 15 is 0 Å². The van der Waals surface area contributed by atoms with Crippen LogP contribution in [0.15, 0.2) is 24.8 Å². The molecule has 24 heavy (non-hydrogen) atoms. The van der Waals surface area contributed by atoms with E-state index in [1.54, 1.807) is 18.6 Å². The van der Waals surface area contributed by atoms with Crippen molar-refractivity contribution >= 4 is 11.8 Å². The van der Waals surface area contributed by atoms with Gasteiger partial charge in [-0.3, -0.25) is 4.98 Å². The van der Waals surface area contributed by atoms with Crippen molar-refractivity contribution in [3.63, 3.8) is 0 Å². The van der Waals surface area contributed by atoms with Crippen molar-refractivity contribution in [2.24, 2.45) is 5.73 Å². The van der Waals surface area contributed by atoms with Gasteiger partial charge in [-0.15, -0.1) is 0 Å². The van der Waals surface area contributed by atoms with Gasteiger partial charge in [0.25, 0.3) is 0 Å². The van der Waals surface area contributed by atoms with Crippen molar-refractivity contribution in [2.75, 3.05) is 36.0 Å². The Balaban J connectivity index is 1.73. The van der Waals surface area contributed by atoms with Gasteiger partial charge >= 0.3 is 0 Å². The Morgan fingerprint density at radius 2 is 1.83 bits per heavy atom. The van der Waals surface area contributed by atoms with E-state index in [0.717, 1.165) is 62.0 Å². The van der Waals surface area contributed by atoms with Crippen LogP contribution in [-0.4, -0.2) is 52.2 Å². The Morgan fingerprint density at radius 1 is 1.08 bits per heavy atom. The van der Waals surface area contributed by atoms with Gasteiger partial charge in [-0.25, -0.2) is 15.0 Å². The van der Waals surface area contributed by atoms with Gasteiger partial charge in [0.15, 0.2) is 0 Å². The van der Waals surface area contributed by atoms with Crippen LogP contribution in [0.1, 0.15) is 26.7 Å². The summed E-state index contributed by atoms with van der Waals surface area (Å²) in [6.07, 6.45) is 9.39. The molecule has 1 aliphatic heterocycles. The number of rotatable bonds is 5. The highest BCUT2D eigenvalue weighted by Gasteiger charge is 2.18. The van der Waals surface area contributed by atoms with E-state index in [4.69, 9.17) is 5.73 Å². The smallest absolute Gasteiger partial charge is 0.225 e. The van der Waals surface area contributed by atoms with Crippen LogP contribution in [0.5, 0.6) is 0 Å². The van der Waals surface area contributed by atoms with Crippen LogP contribution in [0.25, 0.3) is 11.3 Å². The van der Waals surface area contributed by atoms with Crippen molar-refractivity contribution in [2.45, 2.75) is 32.7 Å². The van der Waals surface area contributed by atoms with Gasteiger partial charge in [0, 0.05) is 50.2 Å². The quantitative estimate of drug-likeness (QED) is 0.895. The highest BCUT2D eigenvalue weighted by molar-refractivity contribution is 5.57. The zero-order valence-electron chi connectivity index (χ0n) is 14.4. The van der Waals surface area contributed by atoms with Crippen molar-refractivity contribution < 1.29 is 0 Å². The van der Waals surface area contributed by atoms with Gasteiger partial charge in [-0.1, -0.05) is 0 Å². The number of hydrogen-bond acceptors (Lipinski definition) is 7. The lowest BCUT2D eigenvalue weighted by atomic mass is 10.1. The van der Waals surface area contributed by atoms with E-state index in [1.807, 2.05) is 6.20 Å². The maximum atomic E-state index is 6.03. The molecule has 0 bridgehead atoms. The molecule has 7 nitrogen and oxygen atoms in total. The van der Waals surface area contributed by atoms with Crippen LogP contribution in [0.4, 0.5) is 11.8 Å². The molecule has 0 saturated carbocycles. The summed E-state index contributed by atoms with van der Waals surface area (Å²) >= 11 is 0. The number of nitrogens with two attached hydrogens (primary N) is 1. The van der Waals surface area contributed by atoms with Crippen molar-refractivity contribution in [3.05, 3.63) is 24.8 Å². The summed E-state index contributed by atoms with van der Waals surface area (Å²) < 4.78 is 0. The zero-order valence-corrected chi connectivity index (χ0v) is 14.4. The molecule has 0 aliphatic carbocycles. The third kappa shape index (κ3) is 3.62. The van der Waals surface area contributed by atoms with Gasteiger partial charge in [-0.2, -0.15) is 0 Å². The molecule has 1 fully saturated rings. The van der Waals surface area contributed by atoms with Crippen molar-refractivity contribution in [1.82, 2.24) is 19.9 Å². The van der Waals surface area contributed by atoms with Crippen LogP contribution in [0.2, 0.25) is 0 Å². The lowest BCUT2D eigenvalue weighted by Gasteiger charge is -2.31. The molecule has 0 aromatic carbocycles. The molecule has 1 unspecified atom stereocenters. The molecule has 1 aliphatic rings. The zero-order chi connectivity index (χ0) is 16.9. The van der Waals surface area contributed by atoms with E-state index in [9.17, 15) is 0 Å². The Kier molecular flexibility index (Phi) is 5.20. The van der Waals surface area contributed by atoms with Crippen LogP contribution >= 0.6 is 0 Å². The first-order valence-corrected chi connectivity index (χ1v) is 8.61. The average Bonchev–Trinajstić information content (AvgIpc) is 2.63. The van der Waals surface area contributed by atoms with Gasteiger partial charge in [0.1, 0.15) is 5.82 Å². The SMILES string of the molecule is CCN(CC)c1ncc(-c2cnc(N3CCCC(N)C3)cn2)cn1. The molecule has 3 heterocycles. The molecule has 128 valence electrons. The number of anilines is 2. The summed E-state index contributed by atoms with van der Waals surface area (Å²) in [7, 11) is 0. The van der Waals surface area contributed by atoms with Gasteiger partial charge in [0.2, 0.25) is 5.95 Å². The third-order valence-corrected chi connectivity index (χ3v) is 4.40. The highest BCUT2D eigenvalue weighted by Crippen LogP contribution is 2.20. The summed E-state index contributed by atoms with van der Waals surface area (Å²) in [6.45, 7) is 7.80. The first kappa shape index (κ1) is 16.6. The van der Waals surface area contributed by atoms with Crippen LogP contribution < -0.4 is 15.5 Å². The summed E-state index contributed by atoms with van der Waals surface area (Å²) in [4.78, 5) is 22.3. The predicted molar refractivity (Wildman–Crippen MR) is 96.0 cm³/mol. The summed E-state index contributed by atoms with van der Waals surface area (Å²) in [5, 5.41) is 0. The van der Waals surface area contributed by atoms with Crippen LogP contribution in [0.3, 0.4) is 0 Å². The lowest BCUT2D eigenvalue weighted by molar-refractivity contribution is 0.503. The summed E-state index contributed by atoms with van der Waals surface area (Å²) in [5.74, 6) is 1.63. The molecule has 2 N–H and O–H groups in total. The minimum absolute atomic E-state index is 0.223. The number of nitrogens with zero attached hydrogens (tertiary/aromatic N) is 6. The van der Waals surface area contributed by atoms with E-state index in [2.05, 4.69) is 43.6 Å². The Bertz CT molecular complexity index is 637. The maximum Gasteiger partial charge on any atom is 0.225 e. The standard InChI is InChI=1S/C17H25N7/c1-3-23(4-2)17-21-8-13(9-22-17)15-10-20-16(11-19-15)24-7-5-6-14(18)12-24/h8-11,14H,3-7,12,18H2,1-2H3. The Labute approximate surface area is 143 Å². The second kappa shape index (κ2) is 7.53. The second-order valence-corrected chi connectivity index (χ2v) is 6.05. The van der Waals surface area contributed by atoms with E-state index in [1.165, 1.54) is 0 Å². The van der Waals surface area contributed by atoms with Crippen LogP contribution in [-0.2, 0) is 0 Å². The monoisotopic (exact) mass is 327 g/mol. The van der Waals surface area contributed by atoms with E-state index < -0.39 is 0 Å². The molecule has 7 heteroatoms. The van der Waals surface area contributed by atoms with E-state index in [-0.39, 0.29) is 6.04 Å². The second-order valence-electron chi connectivity index (χ2n) is 6.05. The fourth-order valence-corrected chi connectivity index (χ4v) is 2.97. The average molecular weight is 327 g/mol. The number of hydrogen-bond donors (Lipinski definition) is 1. The maximum absolute atomic E-state index is 6.03. The molecule has 0 amide bonds. The number of aromatic nitrogens is 4. The van der Waals surface area contributed by atoms with Crippen molar-refractivity contribution in [1.29, 1.82) is 0 Å². The summed E-state index contributed by atoms with van der Waals surface area (Å²) in [6, 6.07) is 0.223. The van der Waals surface area contributed by atoms with Gasteiger partial charge in [-0.05, 0) is 26.7 Å². The molecule has 0 spiro atoms. The first-order valence-electron chi connectivity index (χ1n) is 8.61. The van der Waals surface area contributed by atoms with Crippen molar-refractivity contribution in [3.8, 4) is 11.3 Å². The normalized spacial score (nSPS) is 17.8. The van der Waals surface area contributed by atoms with Crippen LogP contribution in [0, 0.1) is 0 Å². The first-order chi connectivity index (χ1) is 11.7. The highest BCUT2D eigenvalue weighted by atomic mass is 15.2. The molecule has 3 rings (SSSR count). The third-order valence-electron chi connectivity index (χ3n) is 4.40. The largest absolute Gasteiger partial charge is 0.354 e. The molecular formula is C17H25N7. The molecule has 1 saturated heterocycles. The van der Waals surface area contributed by atoms with Gasteiger partial charge < -0.3 is 15.5 Å². The molecule has 2 aromatic heterocycles. The Morgan fingerprint density at radius 3 is 2.42 bits per heavy atom. The fraction of sp³-hybridized carbons (Fsp3) is 0.529. The molecular weight excluding hydrogens is 302 g/mol. The molecule has 2 aromatic rings. The minimum Gasteiger partial charge on any atom is -0.354 e. The summed E-state index contributed by atoms with van der Waals surface area (Å²) in [5.41, 5.74) is 7.69. The Hall–Kier alpha value is -2.28. The topological polar surface area (TPSA) is 84.1 Å².